The van der Waals surface area contributed by atoms with Gasteiger partial charge in [0.25, 0.3) is 15.8 Å². The third-order valence-electron chi connectivity index (χ3n) is 7.77. The van der Waals surface area contributed by atoms with E-state index in [9.17, 15) is 27.5 Å². The number of benzene rings is 3. The molecule has 1 saturated heterocycles. The van der Waals surface area contributed by atoms with Crippen LogP contribution in [0.25, 0.3) is 10.9 Å². The van der Waals surface area contributed by atoms with Crippen molar-refractivity contribution in [3.63, 3.8) is 0 Å². The van der Waals surface area contributed by atoms with Gasteiger partial charge in [-0.15, -0.1) is 0 Å². The molecule has 2 N–H and O–H groups in total. The van der Waals surface area contributed by atoms with Gasteiger partial charge in [0.2, 0.25) is 0 Å². The van der Waals surface area contributed by atoms with Crippen LogP contribution in [0.15, 0.2) is 71.5 Å². The normalized spacial score (nSPS) is 14.7. The molecule has 1 aliphatic rings. The van der Waals surface area contributed by atoms with E-state index in [2.05, 4.69) is 26.4 Å². The third-order valence-corrected chi connectivity index (χ3v) is 9.37. The molecule has 0 aliphatic carbocycles. The molecule has 12 heteroatoms. The number of carboxylic acids is 1. The van der Waals surface area contributed by atoms with E-state index in [0.29, 0.717) is 35.4 Å². The number of fused-ring (bicyclic) bond motifs is 1. The summed E-state index contributed by atoms with van der Waals surface area (Å²) >= 11 is 0. The fraction of sp³-hybridized carbons (Fsp3) is 0.303. The van der Waals surface area contributed by atoms with Gasteiger partial charge in [-0.25, -0.2) is 9.37 Å². The fourth-order valence-corrected chi connectivity index (χ4v) is 6.65. The number of anilines is 1. The van der Waals surface area contributed by atoms with Crippen molar-refractivity contribution in [1.29, 1.82) is 0 Å². The summed E-state index contributed by atoms with van der Waals surface area (Å²) in [5.41, 5.74) is 3.53. The van der Waals surface area contributed by atoms with Crippen LogP contribution in [0.5, 0.6) is 0 Å². The average molecular weight is 632 g/mol. The maximum absolute atomic E-state index is 13.3. The van der Waals surface area contributed by atoms with E-state index in [-0.39, 0.29) is 31.0 Å². The molecule has 1 fully saturated rings. The Morgan fingerprint density at radius 3 is 2.22 bits per heavy atom. The summed E-state index contributed by atoms with van der Waals surface area (Å²) in [4.78, 5) is 31.4. The van der Waals surface area contributed by atoms with Crippen LogP contribution in [0.2, 0.25) is 0 Å². The molecule has 3 aromatic carbocycles. The number of aromatic nitrogens is 2. The van der Waals surface area contributed by atoms with Crippen molar-refractivity contribution in [1.82, 2.24) is 18.6 Å². The molecule has 0 saturated carbocycles. The lowest BCUT2D eigenvalue weighted by Gasteiger charge is -2.36. The number of halogens is 1. The molecule has 5 rings (SSSR count). The number of aryl methyl sites for hydroxylation is 1. The van der Waals surface area contributed by atoms with Gasteiger partial charge in [-0.2, -0.15) is 17.4 Å². The minimum absolute atomic E-state index is 0.194. The Bertz CT molecular complexity index is 1940. The van der Waals surface area contributed by atoms with Crippen molar-refractivity contribution in [3.8, 4) is 11.8 Å². The molecule has 45 heavy (non-hydrogen) atoms. The highest BCUT2D eigenvalue weighted by atomic mass is 32.2. The first kappa shape index (κ1) is 31.8. The molecule has 0 radical (unpaired) electrons. The zero-order valence-electron chi connectivity index (χ0n) is 25.2. The number of carbonyl (C=O) groups is 1. The maximum Gasteiger partial charge on any atom is 0.322 e. The third kappa shape index (κ3) is 7.39. The van der Waals surface area contributed by atoms with Crippen LogP contribution in [0.4, 0.5) is 10.1 Å². The molecule has 0 unspecified atom stereocenters. The van der Waals surface area contributed by atoms with Crippen LogP contribution >= 0.6 is 0 Å². The molecule has 10 nitrogen and oxygen atoms in total. The summed E-state index contributed by atoms with van der Waals surface area (Å²) in [5.74, 6) is 4.88. The Kier molecular flexibility index (Phi) is 9.34. The first-order chi connectivity index (χ1) is 21.4. The lowest BCUT2D eigenvalue weighted by atomic mass is 10.1. The first-order valence-corrected chi connectivity index (χ1v) is 16.0. The van der Waals surface area contributed by atoms with Crippen LogP contribution < -0.4 is 15.2 Å². The summed E-state index contributed by atoms with van der Waals surface area (Å²) in [7, 11) is -3.94. The standard InChI is InChI=1S/C33H34FN5O5S/c1-22(2)31(33(41)42)36-45(43,44)38-18-16-37(17-19-38)28-13-8-24(9-14-28)4-5-25-10-15-30-29(20-25)32(40)39(23(3)35-30)21-26-6-11-27(34)12-7-26/h6-15,20,22,31,36H,16-19,21H2,1-3H3,(H,41,42)/t31-/m1/s1. The SMILES string of the molecule is Cc1nc2ccc(C#Cc3ccc(N4CCN(S(=O)(=O)N[C@@H](C(=O)O)C(C)C)CC4)cc3)cc2c(=O)n1Cc1ccc(F)cc1. The molecule has 0 amide bonds. The van der Waals surface area contributed by atoms with Gasteiger partial charge in [-0.05, 0) is 73.0 Å². The number of carboxylic acid groups (broad SMARTS) is 1. The number of nitrogens with one attached hydrogen (secondary N) is 1. The lowest BCUT2D eigenvalue weighted by molar-refractivity contribution is -0.140. The average Bonchev–Trinajstić information content (AvgIpc) is 3.02. The Morgan fingerprint density at radius 2 is 1.60 bits per heavy atom. The van der Waals surface area contributed by atoms with Gasteiger partial charge in [0.15, 0.2) is 0 Å². The quantitative estimate of drug-likeness (QED) is 0.286. The Balaban J connectivity index is 1.25. The van der Waals surface area contributed by atoms with Crippen LogP contribution in [-0.2, 0) is 21.5 Å². The molecule has 1 atom stereocenters. The number of piperazine rings is 1. The second-order valence-electron chi connectivity index (χ2n) is 11.3. The minimum atomic E-state index is -3.94. The van der Waals surface area contributed by atoms with Crippen LogP contribution in [-0.4, -0.2) is 65.6 Å². The van der Waals surface area contributed by atoms with E-state index in [1.165, 1.54) is 16.4 Å². The second-order valence-corrected chi connectivity index (χ2v) is 13.0. The number of rotatable bonds is 8. The van der Waals surface area contributed by atoms with E-state index in [0.717, 1.165) is 16.8 Å². The van der Waals surface area contributed by atoms with Gasteiger partial charge >= 0.3 is 5.97 Å². The van der Waals surface area contributed by atoms with Gasteiger partial charge < -0.3 is 10.0 Å². The van der Waals surface area contributed by atoms with Crippen molar-refractivity contribution >= 4 is 32.8 Å². The molecular formula is C33H34FN5O5S. The summed E-state index contributed by atoms with van der Waals surface area (Å²) in [6.45, 7) is 6.72. The molecule has 234 valence electrons. The molecule has 0 spiro atoms. The molecule has 1 aliphatic heterocycles. The second kappa shape index (κ2) is 13.2. The zero-order chi connectivity index (χ0) is 32.3. The topological polar surface area (TPSA) is 125 Å². The van der Waals surface area contributed by atoms with E-state index in [4.69, 9.17) is 0 Å². The maximum atomic E-state index is 13.3. The molecule has 0 bridgehead atoms. The molecule has 2 heterocycles. The largest absolute Gasteiger partial charge is 0.480 e. The van der Waals surface area contributed by atoms with E-state index >= 15 is 0 Å². The Morgan fingerprint density at radius 1 is 0.978 bits per heavy atom. The fourth-order valence-electron chi connectivity index (χ4n) is 5.16. The highest BCUT2D eigenvalue weighted by Gasteiger charge is 2.33. The van der Waals surface area contributed by atoms with E-state index in [1.807, 2.05) is 30.3 Å². The summed E-state index contributed by atoms with van der Waals surface area (Å²) < 4.78 is 44.0. The minimum Gasteiger partial charge on any atom is -0.480 e. The highest BCUT2D eigenvalue weighted by Crippen LogP contribution is 2.19. The predicted octanol–water partition coefficient (Wildman–Crippen LogP) is 3.36. The molecule has 4 aromatic rings. The highest BCUT2D eigenvalue weighted by molar-refractivity contribution is 7.87. The summed E-state index contributed by atoms with van der Waals surface area (Å²) in [5, 5.41) is 9.81. The molecule has 1 aromatic heterocycles. The van der Waals surface area contributed by atoms with E-state index < -0.39 is 28.1 Å². The monoisotopic (exact) mass is 631 g/mol. The van der Waals surface area contributed by atoms with Gasteiger partial charge in [0, 0.05) is 43.0 Å². The number of hydrogen-bond acceptors (Lipinski definition) is 6. The Hall–Kier alpha value is -4.57. The first-order valence-electron chi connectivity index (χ1n) is 14.5. The van der Waals surface area contributed by atoms with Crippen LogP contribution in [0.3, 0.4) is 0 Å². The van der Waals surface area contributed by atoms with Gasteiger partial charge in [-0.3, -0.25) is 14.2 Å². The predicted molar refractivity (Wildman–Crippen MR) is 171 cm³/mol. The Labute approximate surface area is 261 Å². The van der Waals surface area contributed by atoms with Crippen LogP contribution in [0, 0.1) is 30.5 Å². The van der Waals surface area contributed by atoms with Crippen molar-refractivity contribution in [2.45, 2.75) is 33.4 Å². The lowest BCUT2D eigenvalue weighted by Crippen LogP contribution is -2.55. The number of aliphatic carboxylic acids is 1. The van der Waals surface area contributed by atoms with Gasteiger partial charge in [0.05, 0.1) is 17.4 Å². The van der Waals surface area contributed by atoms with Crippen molar-refractivity contribution < 1.29 is 22.7 Å². The van der Waals surface area contributed by atoms with Gasteiger partial charge in [0.1, 0.15) is 17.7 Å². The van der Waals surface area contributed by atoms with Crippen molar-refractivity contribution in [2.75, 3.05) is 31.1 Å². The zero-order valence-corrected chi connectivity index (χ0v) is 26.0. The molecular weight excluding hydrogens is 597 g/mol. The van der Waals surface area contributed by atoms with Crippen molar-refractivity contribution in [3.05, 3.63) is 105 Å². The van der Waals surface area contributed by atoms with Crippen molar-refractivity contribution in [2.24, 2.45) is 5.92 Å². The summed E-state index contributed by atoms with van der Waals surface area (Å²) in [6, 6.07) is 17.8. The number of nitrogens with zero attached hydrogens (tertiary/aromatic N) is 4. The van der Waals surface area contributed by atoms with Gasteiger partial charge in [-0.1, -0.05) is 37.8 Å². The smallest absolute Gasteiger partial charge is 0.322 e. The van der Waals surface area contributed by atoms with Crippen LogP contribution in [0.1, 0.15) is 36.4 Å². The number of hydrogen-bond donors (Lipinski definition) is 2. The summed E-state index contributed by atoms with van der Waals surface area (Å²) in [6.07, 6.45) is 0. The van der Waals surface area contributed by atoms with E-state index in [1.54, 1.807) is 49.6 Å².